The Morgan fingerprint density at radius 1 is 0.720 bits per heavy atom. The quantitative estimate of drug-likeness (QED) is 0.0776. The van der Waals surface area contributed by atoms with Crippen LogP contribution >= 0.6 is 7.82 Å². The Morgan fingerprint density at radius 3 is 1.80 bits per heavy atom. The molecule has 0 amide bonds. The Bertz CT molecular complexity index is 2100. The highest BCUT2D eigenvalue weighted by molar-refractivity contribution is 7.48. The molecule has 13 nitrogen and oxygen atoms in total. The number of fused-ring (bicyclic) bond motifs is 2. The van der Waals surface area contributed by atoms with E-state index < -0.39 is 32.6 Å². The molecule has 256 valence electrons. The van der Waals surface area contributed by atoms with Crippen LogP contribution in [0.15, 0.2) is 121 Å². The van der Waals surface area contributed by atoms with E-state index in [1.165, 1.54) is 0 Å². The third-order valence-electron chi connectivity index (χ3n) is 7.93. The minimum atomic E-state index is -4.41. The molecular formula is C36H33N4O9P. The first-order valence-corrected chi connectivity index (χ1v) is 17.2. The van der Waals surface area contributed by atoms with Gasteiger partial charge >= 0.3 is 13.8 Å². The van der Waals surface area contributed by atoms with Crippen molar-refractivity contribution in [2.45, 2.75) is 38.6 Å². The summed E-state index contributed by atoms with van der Waals surface area (Å²) in [6.07, 6.45) is 0.591. The lowest BCUT2D eigenvalue weighted by atomic mass is 10.1. The fourth-order valence-electron chi connectivity index (χ4n) is 5.36. The van der Waals surface area contributed by atoms with Gasteiger partial charge in [0.1, 0.15) is 19.3 Å². The smallest absolute Gasteiger partial charge is 0.475 e. The Labute approximate surface area is 286 Å². The van der Waals surface area contributed by atoms with Crippen LogP contribution in [0.5, 0.6) is 0 Å². The van der Waals surface area contributed by atoms with E-state index in [2.05, 4.69) is 20.4 Å². The van der Waals surface area contributed by atoms with Gasteiger partial charge in [-0.05, 0) is 46.5 Å². The van der Waals surface area contributed by atoms with E-state index in [0.29, 0.717) is 0 Å². The number of hydrogen-bond acceptors (Lipinski definition) is 11. The molecule has 14 heteroatoms. The zero-order valence-corrected chi connectivity index (χ0v) is 27.5. The van der Waals surface area contributed by atoms with Crippen LogP contribution < -0.4 is 0 Å². The number of phosphoric ester groups is 1. The summed E-state index contributed by atoms with van der Waals surface area (Å²) in [7, 11) is -4.41. The normalized spacial score (nSPS) is 15.5. The zero-order valence-electron chi connectivity index (χ0n) is 26.6. The average molecular weight is 697 g/mol. The number of hydrogen-bond donors (Lipinski definition) is 3. The van der Waals surface area contributed by atoms with Crippen LogP contribution in [0.25, 0.3) is 21.8 Å². The van der Waals surface area contributed by atoms with Crippen LogP contribution in [-0.4, -0.2) is 50.3 Å². The molecule has 0 saturated heterocycles. The third kappa shape index (κ3) is 7.78. The summed E-state index contributed by atoms with van der Waals surface area (Å²) in [6, 6.07) is 29.3. The van der Waals surface area contributed by atoms with Crippen LogP contribution in [0.1, 0.15) is 22.3 Å². The van der Waals surface area contributed by atoms with E-state index in [4.69, 9.17) is 27.8 Å². The van der Waals surface area contributed by atoms with Crippen molar-refractivity contribution in [2.75, 3.05) is 6.61 Å². The first kappa shape index (κ1) is 33.2. The van der Waals surface area contributed by atoms with Gasteiger partial charge in [0.05, 0.1) is 43.2 Å². The Hall–Kier alpha value is -5.30. The number of aromatic nitrogens is 4. The van der Waals surface area contributed by atoms with E-state index >= 15 is 0 Å². The summed E-state index contributed by atoms with van der Waals surface area (Å²) in [6.45, 7) is -0.956. The highest BCUT2D eigenvalue weighted by Gasteiger charge is 2.46. The van der Waals surface area contributed by atoms with Crippen molar-refractivity contribution >= 4 is 35.6 Å². The molecule has 7 rings (SSSR count). The number of cyclic esters (lactones) is 1. The molecule has 2 unspecified atom stereocenters. The first-order valence-electron chi connectivity index (χ1n) is 15.8. The lowest BCUT2D eigenvalue weighted by Crippen LogP contribution is -2.35. The Morgan fingerprint density at radius 2 is 1.26 bits per heavy atom. The lowest BCUT2D eigenvalue weighted by molar-refractivity contribution is -0.148. The van der Waals surface area contributed by atoms with E-state index in [9.17, 15) is 14.5 Å². The van der Waals surface area contributed by atoms with Crippen molar-refractivity contribution in [2.24, 2.45) is 0 Å². The number of aliphatic hydroxyl groups excluding tert-OH is 1. The number of phosphoric acid groups is 1. The summed E-state index contributed by atoms with van der Waals surface area (Å²) < 4.78 is 49.6. The van der Waals surface area contributed by atoms with Gasteiger partial charge in [-0.15, -0.1) is 0 Å². The van der Waals surface area contributed by atoms with Gasteiger partial charge in [0.2, 0.25) is 5.76 Å². The van der Waals surface area contributed by atoms with E-state index in [0.717, 1.165) is 44.1 Å². The summed E-state index contributed by atoms with van der Waals surface area (Å²) >= 11 is 0. The number of nitrogens with zero attached hydrogens (tertiary/aromatic N) is 2. The van der Waals surface area contributed by atoms with Gasteiger partial charge in [-0.1, -0.05) is 72.8 Å². The molecule has 0 spiro atoms. The van der Waals surface area contributed by atoms with Crippen molar-refractivity contribution in [1.29, 1.82) is 0 Å². The maximum Gasteiger partial charge on any atom is 0.475 e. The summed E-state index contributed by atoms with van der Waals surface area (Å²) in [5.74, 6) is -1.09. The van der Waals surface area contributed by atoms with E-state index in [1.807, 2.05) is 72.8 Å². The molecule has 0 aliphatic carbocycles. The van der Waals surface area contributed by atoms with Gasteiger partial charge in [-0.2, -0.15) is 10.2 Å². The van der Waals surface area contributed by atoms with Crippen molar-refractivity contribution in [3.05, 3.63) is 143 Å². The molecule has 2 aromatic heterocycles. The predicted molar refractivity (Wildman–Crippen MR) is 181 cm³/mol. The number of esters is 1. The van der Waals surface area contributed by atoms with Gasteiger partial charge in [-0.25, -0.2) is 9.36 Å². The number of carbonyl (C=O) groups is 1. The van der Waals surface area contributed by atoms with Gasteiger partial charge in [0.15, 0.2) is 11.9 Å². The van der Waals surface area contributed by atoms with Crippen LogP contribution in [-0.2, 0) is 63.6 Å². The number of benzene rings is 4. The molecule has 0 fully saturated rings. The van der Waals surface area contributed by atoms with Crippen LogP contribution in [0.3, 0.4) is 0 Å². The lowest BCUT2D eigenvalue weighted by Gasteiger charge is -2.27. The van der Waals surface area contributed by atoms with Crippen LogP contribution in [0.2, 0.25) is 0 Å². The van der Waals surface area contributed by atoms with Crippen molar-refractivity contribution in [1.82, 2.24) is 20.4 Å². The Balaban J connectivity index is 1.16. The van der Waals surface area contributed by atoms with E-state index in [1.54, 1.807) is 36.7 Å². The second kappa shape index (κ2) is 15.1. The summed E-state index contributed by atoms with van der Waals surface area (Å²) in [5, 5.41) is 26.2. The molecular weight excluding hydrogens is 663 g/mol. The van der Waals surface area contributed by atoms with Crippen molar-refractivity contribution < 1.29 is 42.2 Å². The SMILES string of the molecule is O=C1OC(C(CO)OP(=O)(OCc2ccccc2)OCc2ccccc2)C(OCc2ccc3[nH]ncc3c2)=C1OCc1ccc2[nH]ncc2c1. The van der Waals surface area contributed by atoms with Gasteiger partial charge in [-0.3, -0.25) is 23.8 Å². The molecule has 2 atom stereocenters. The molecule has 0 bridgehead atoms. The number of H-pyrrole nitrogens is 2. The zero-order chi connectivity index (χ0) is 34.3. The van der Waals surface area contributed by atoms with Crippen LogP contribution in [0, 0.1) is 0 Å². The number of rotatable bonds is 16. The molecule has 0 radical (unpaired) electrons. The summed E-state index contributed by atoms with van der Waals surface area (Å²) in [5.41, 5.74) is 4.66. The molecule has 1 aliphatic rings. The highest BCUT2D eigenvalue weighted by atomic mass is 31.2. The predicted octanol–water partition coefficient (Wildman–Crippen LogP) is 6.23. The van der Waals surface area contributed by atoms with Gasteiger partial charge in [0, 0.05) is 10.8 Å². The first-order chi connectivity index (χ1) is 24.5. The van der Waals surface area contributed by atoms with Gasteiger partial charge < -0.3 is 19.3 Å². The number of nitrogens with one attached hydrogen (secondary N) is 2. The average Bonchev–Trinajstić information content (AvgIpc) is 3.90. The minimum absolute atomic E-state index is 0.00224. The second-order valence-electron chi connectivity index (χ2n) is 11.5. The third-order valence-corrected chi connectivity index (χ3v) is 9.35. The maximum absolute atomic E-state index is 14.2. The Kier molecular flexibility index (Phi) is 10.0. The molecule has 0 saturated carbocycles. The second-order valence-corrected chi connectivity index (χ2v) is 13.1. The molecule has 4 aromatic carbocycles. The van der Waals surface area contributed by atoms with Crippen molar-refractivity contribution in [3.8, 4) is 0 Å². The number of ether oxygens (including phenoxy) is 3. The maximum atomic E-state index is 14.2. The number of carbonyl (C=O) groups excluding carboxylic acids is 1. The molecule has 3 N–H and O–H groups in total. The fraction of sp³-hybridized carbons (Fsp3) is 0.194. The summed E-state index contributed by atoms with van der Waals surface area (Å²) in [4.78, 5) is 13.4. The molecule has 1 aliphatic heterocycles. The molecule has 50 heavy (non-hydrogen) atoms. The largest absolute Gasteiger partial charge is 0.485 e. The van der Waals surface area contributed by atoms with E-state index in [-0.39, 0.29) is 37.9 Å². The van der Waals surface area contributed by atoms with Crippen LogP contribution in [0.4, 0.5) is 0 Å². The van der Waals surface area contributed by atoms with Gasteiger partial charge in [0.25, 0.3) is 0 Å². The number of aromatic amines is 2. The fourth-order valence-corrected chi connectivity index (χ4v) is 6.68. The minimum Gasteiger partial charge on any atom is -0.485 e. The molecule has 3 heterocycles. The van der Waals surface area contributed by atoms with Crippen molar-refractivity contribution in [3.63, 3.8) is 0 Å². The standard InChI is InChI=1S/C36H33N4O9P/c41-19-32(49-50(43,46-22-24-7-3-1-4-8-24)47-23-25-9-5-2-6-10-25)33-34(44-20-26-11-13-30-28(15-26)17-37-39-30)35(36(42)48-33)45-21-27-12-14-31-29(16-27)18-38-40-31/h1-18,32-33,41H,19-23H2,(H,37,39)(H,38,40). The highest BCUT2D eigenvalue weighted by Crippen LogP contribution is 2.53. The monoisotopic (exact) mass is 696 g/mol. The molecule has 6 aromatic rings. The number of aliphatic hydroxyl groups is 1. The topological polar surface area (TPSA) is 167 Å².